The molecule has 4 atom stereocenters. The molecular formula is C11H13N5NaO6+. The summed E-state index contributed by atoms with van der Waals surface area (Å²) in [7, 11) is 0. The molecular weight excluding hydrogens is 321 g/mol. The number of aliphatic hydroxyl groups is 3. The summed E-state index contributed by atoms with van der Waals surface area (Å²) >= 11 is 0. The summed E-state index contributed by atoms with van der Waals surface area (Å²) in [5.41, 5.74) is 3.78. The van der Waals surface area contributed by atoms with Crippen LogP contribution in [0.1, 0.15) is 6.23 Å². The van der Waals surface area contributed by atoms with Crippen LogP contribution in [-0.4, -0.2) is 60.0 Å². The Hall–Kier alpha value is -1.34. The number of nitrogens with two attached hydrogens (primary N) is 1. The molecule has 0 aliphatic carbocycles. The van der Waals surface area contributed by atoms with Gasteiger partial charge in [-0.15, -0.1) is 0 Å². The number of fused-ring (bicyclic) bond motifs is 1. The zero-order valence-corrected chi connectivity index (χ0v) is 14.1. The number of rotatable bonds is 2. The minimum atomic E-state index is -1.51. The zero-order valence-electron chi connectivity index (χ0n) is 12.1. The van der Waals surface area contributed by atoms with Gasteiger partial charge in [0.25, 0.3) is 11.1 Å². The van der Waals surface area contributed by atoms with Crippen LogP contribution in [0, 0.1) is 0 Å². The van der Waals surface area contributed by atoms with Gasteiger partial charge in [-0.1, -0.05) is 0 Å². The Kier molecular flexibility index (Phi) is 5.20. The van der Waals surface area contributed by atoms with Crippen molar-refractivity contribution in [1.29, 1.82) is 0 Å². The van der Waals surface area contributed by atoms with Gasteiger partial charge in [-0.05, 0) is 0 Å². The Morgan fingerprint density at radius 2 is 2.00 bits per heavy atom. The minimum absolute atomic E-state index is 0. The van der Waals surface area contributed by atoms with E-state index in [0.717, 1.165) is 6.33 Å². The largest absolute Gasteiger partial charge is 1.00 e. The fourth-order valence-corrected chi connectivity index (χ4v) is 2.39. The second kappa shape index (κ2) is 6.65. The van der Waals surface area contributed by atoms with Crippen molar-refractivity contribution in [3.05, 3.63) is 27.0 Å². The normalized spacial score (nSPS) is 27.1. The van der Waals surface area contributed by atoms with E-state index in [1.807, 2.05) is 0 Å². The Bertz CT molecular complexity index is 838. The van der Waals surface area contributed by atoms with E-state index in [1.54, 1.807) is 0 Å². The molecule has 118 valence electrons. The van der Waals surface area contributed by atoms with Crippen LogP contribution < -0.4 is 46.4 Å². The van der Waals surface area contributed by atoms with E-state index in [-0.39, 0.29) is 46.3 Å². The summed E-state index contributed by atoms with van der Waals surface area (Å²) in [5.74, 6) is -0.156. The van der Waals surface area contributed by atoms with Crippen molar-refractivity contribution in [3.8, 4) is 0 Å². The Morgan fingerprint density at radius 1 is 1.30 bits per heavy atom. The van der Waals surface area contributed by atoms with E-state index in [4.69, 9.17) is 15.6 Å². The fraction of sp³-hybridized carbons (Fsp3) is 0.455. The van der Waals surface area contributed by atoms with E-state index in [0.29, 0.717) is 4.68 Å². The van der Waals surface area contributed by atoms with E-state index in [2.05, 4.69) is 15.1 Å². The van der Waals surface area contributed by atoms with Crippen molar-refractivity contribution in [3.63, 3.8) is 0 Å². The molecule has 1 aliphatic rings. The molecule has 1 saturated heterocycles. The van der Waals surface area contributed by atoms with Crippen LogP contribution in [-0.2, 0) is 4.74 Å². The number of nitrogens with one attached hydrogen (secondary N) is 1. The molecule has 2 aromatic rings. The molecule has 3 heterocycles. The smallest absolute Gasteiger partial charge is 0.394 e. The predicted molar refractivity (Wildman–Crippen MR) is 71.8 cm³/mol. The molecule has 6 N–H and O–H groups in total. The van der Waals surface area contributed by atoms with E-state index in [1.165, 1.54) is 0 Å². The summed E-state index contributed by atoms with van der Waals surface area (Å²) < 4.78 is 5.91. The average molecular weight is 334 g/mol. The van der Waals surface area contributed by atoms with Gasteiger partial charge < -0.3 is 25.8 Å². The maximum atomic E-state index is 12.4. The number of aromatic amines is 1. The van der Waals surface area contributed by atoms with Gasteiger partial charge in [0, 0.05) is 0 Å². The van der Waals surface area contributed by atoms with Crippen LogP contribution in [0.3, 0.4) is 0 Å². The van der Waals surface area contributed by atoms with Crippen molar-refractivity contribution in [2.24, 2.45) is 0 Å². The van der Waals surface area contributed by atoms with Gasteiger partial charge in [-0.3, -0.25) is 14.7 Å². The SMILES string of the molecule is Nc1ncnc2c(=O)n([C@@H]3O[C@H](CO)[C@@H](O)[C@H]3O)[nH]c(=O)c12.[Na+]. The Morgan fingerprint density at radius 3 is 2.61 bits per heavy atom. The number of aromatic nitrogens is 4. The molecule has 0 aromatic carbocycles. The number of hydrogen-bond donors (Lipinski definition) is 5. The number of aliphatic hydroxyl groups excluding tert-OH is 3. The first-order valence-corrected chi connectivity index (χ1v) is 6.33. The van der Waals surface area contributed by atoms with Gasteiger partial charge in [0.15, 0.2) is 6.23 Å². The quantitative estimate of drug-likeness (QED) is 0.334. The van der Waals surface area contributed by atoms with E-state index < -0.39 is 42.3 Å². The summed E-state index contributed by atoms with van der Waals surface area (Å²) in [6, 6.07) is 0. The monoisotopic (exact) mass is 334 g/mol. The molecule has 0 spiro atoms. The number of H-pyrrole nitrogens is 1. The molecule has 0 unspecified atom stereocenters. The van der Waals surface area contributed by atoms with Crippen molar-refractivity contribution in [2.45, 2.75) is 24.5 Å². The maximum Gasteiger partial charge on any atom is 1.00 e. The van der Waals surface area contributed by atoms with Crippen LogP contribution >= 0.6 is 0 Å². The van der Waals surface area contributed by atoms with Gasteiger partial charge in [0.05, 0.1) is 6.61 Å². The van der Waals surface area contributed by atoms with Gasteiger partial charge >= 0.3 is 29.6 Å². The molecule has 0 amide bonds. The summed E-state index contributed by atoms with van der Waals surface area (Å²) in [6.45, 7) is -0.559. The van der Waals surface area contributed by atoms with E-state index in [9.17, 15) is 19.8 Å². The average Bonchev–Trinajstić information content (AvgIpc) is 2.78. The third-order valence-corrected chi connectivity index (χ3v) is 3.52. The van der Waals surface area contributed by atoms with Crippen LogP contribution in [0.25, 0.3) is 10.9 Å². The molecule has 0 bridgehead atoms. The first-order valence-electron chi connectivity index (χ1n) is 6.33. The Labute approximate surface area is 150 Å². The number of anilines is 1. The summed E-state index contributed by atoms with van der Waals surface area (Å²) in [5, 5.41) is 30.7. The molecule has 23 heavy (non-hydrogen) atoms. The molecule has 1 aliphatic heterocycles. The van der Waals surface area contributed by atoms with Crippen LogP contribution in [0.15, 0.2) is 15.9 Å². The van der Waals surface area contributed by atoms with E-state index >= 15 is 0 Å². The van der Waals surface area contributed by atoms with Crippen LogP contribution in [0.2, 0.25) is 0 Å². The van der Waals surface area contributed by atoms with Crippen molar-refractivity contribution in [1.82, 2.24) is 19.7 Å². The molecule has 11 nitrogen and oxygen atoms in total. The number of nitrogens with zero attached hydrogens (tertiary/aromatic N) is 3. The second-order valence-electron chi connectivity index (χ2n) is 4.83. The third-order valence-electron chi connectivity index (χ3n) is 3.52. The Balaban J connectivity index is 0.00000192. The topological polar surface area (TPSA) is 177 Å². The second-order valence-corrected chi connectivity index (χ2v) is 4.83. The third kappa shape index (κ3) is 2.80. The minimum Gasteiger partial charge on any atom is -0.394 e. The zero-order chi connectivity index (χ0) is 16.0. The number of ether oxygens (including phenoxy) is 1. The van der Waals surface area contributed by atoms with Crippen molar-refractivity contribution < 1.29 is 49.6 Å². The number of nitrogen functional groups attached to an aromatic ring is 1. The van der Waals surface area contributed by atoms with Crippen molar-refractivity contribution >= 4 is 16.7 Å². The van der Waals surface area contributed by atoms with Crippen LogP contribution in [0.5, 0.6) is 0 Å². The molecule has 2 aromatic heterocycles. The first kappa shape index (κ1) is 18.0. The predicted octanol–water partition coefficient (Wildman–Crippen LogP) is -6.32. The number of hydrogen-bond acceptors (Lipinski definition) is 9. The standard InChI is InChI=1S/C11H13N5O6.Na/c12-8-4-5(13-2-14-8)10(21)16(15-9(4)20)11-7(19)6(18)3(1-17)22-11;/h2-3,6-7,11,17-19H,1H2,(H,15,20)(H2,12,13,14);/q;+1/t3-,6-,7-,11-;/m1./s1. The van der Waals surface area contributed by atoms with Gasteiger partial charge in [0.2, 0.25) is 0 Å². The molecule has 1 fully saturated rings. The van der Waals surface area contributed by atoms with Gasteiger partial charge in [-0.25, -0.2) is 14.6 Å². The summed E-state index contributed by atoms with van der Waals surface area (Å²) in [6.07, 6.45) is -4.34. The van der Waals surface area contributed by atoms with Gasteiger partial charge in [-0.2, -0.15) is 0 Å². The van der Waals surface area contributed by atoms with Crippen molar-refractivity contribution in [2.75, 3.05) is 12.3 Å². The maximum absolute atomic E-state index is 12.4. The molecule has 12 heteroatoms. The first-order chi connectivity index (χ1) is 10.5. The van der Waals surface area contributed by atoms with Crippen LogP contribution in [0.4, 0.5) is 5.82 Å². The summed E-state index contributed by atoms with van der Waals surface area (Å²) in [4.78, 5) is 31.8. The van der Waals surface area contributed by atoms with Gasteiger partial charge in [0.1, 0.15) is 41.4 Å². The molecule has 3 rings (SSSR count). The molecule has 0 saturated carbocycles. The fourth-order valence-electron chi connectivity index (χ4n) is 2.39. The molecule has 0 radical (unpaired) electrons.